The molecule has 1 fully saturated rings. The number of carbonyl (C=O) groups excluding carboxylic acids is 2. The van der Waals surface area contributed by atoms with Crippen molar-refractivity contribution in [2.45, 2.75) is 6.54 Å². The van der Waals surface area contributed by atoms with Crippen molar-refractivity contribution in [1.82, 2.24) is 20.4 Å². The molecule has 3 aliphatic heterocycles. The molecule has 0 radical (unpaired) electrons. The van der Waals surface area contributed by atoms with E-state index >= 15 is 0 Å². The van der Waals surface area contributed by atoms with Crippen LogP contribution in [0.1, 0.15) is 26.5 Å². The van der Waals surface area contributed by atoms with Gasteiger partial charge in [-0.3, -0.25) is 14.5 Å². The molecule has 0 aliphatic carbocycles. The Morgan fingerprint density at radius 2 is 1.97 bits per heavy atom. The number of fused-ring (bicyclic) bond motifs is 1. The van der Waals surface area contributed by atoms with E-state index in [1.165, 1.54) is 11.0 Å². The zero-order valence-corrected chi connectivity index (χ0v) is 17.8. The van der Waals surface area contributed by atoms with Gasteiger partial charge >= 0.3 is 0 Å². The Bertz CT molecular complexity index is 1130. The first-order chi connectivity index (χ1) is 15.5. The number of furan rings is 1. The maximum absolute atomic E-state index is 13.0. The highest BCUT2D eigenvalue weighted by Crippen LogP contribution is 2.31. The van der Waals surface area contributed by atoms with Gasteiger partial charge in [0.25, 0.3) is 11.8 Å². The number of phenols is 1. The summed E-state index contributed by atoms with van der Waals surface area (Å²) in [5, 5.41) is 16.0. The van der Waals surface area contributed by atoms with Gasteiger partial charge in [-0.05, 0) is 29.8 Å². The molecular formula is C23H25N5O4. The lowest BCUT2D eigenvalue weighted by Gasteiger charge is -2.35. The number of aromatic hydroxyl groups is 1. The highest BCUT2D eigenvalue weighted by Gasteiger charge is 2.31. The Balaban J connectivity index is 1.34. The van der Waals surface area contributed by atoms with E-state index in [-0.39, 0.29) is 23.3 Å². The van der Waals surface area contributed by atoms with Crippen LogP contribution >= 0.6 is 0 Å². The summed E-state index contributed by atoms with van der Waals surface area (Å²) in [6.07, 6.45) is 4.03. The summed E-state index contributed by atoms with van der Waals surface area (Å²) in [7, 11) is 1.95. The number of anilines is 1. The lowest BCUT2D eigenvalue weighted by molar-refractivity contribution is 0.0928. The molecule has 9 nitrogen and oxygen atoms in total. The molecule has 1 aromatic carbocycles. The molecule has 2 amide bonds. The molecule has 1 saturated heterocycles. The summed E-state index contributed by atoms with van der Waals surface area (Å²) >= 11 is 0. The average Bonchev–Trinajstić information content (AvgIpc) is 3.40. The standard InChI is InChI=1S/C23H25N5O4/c1-26-9-6-19(27-10-7-24-8-11-27)18(14-26)25-22(30)20-4-5-21(32-20)28-13-15-2-3-16(29)12-17(15)23(28)31/h2-6,9,12,24,29H,7-8,10-11,13-14H2,1H3,(H,25,30). The van der Waals surface area contributed by atoms with Crippen molar-refractivity contribution in [1.29, 1.82) is 0 Å². The maximum Gasteiger partial charge on any atom is 0.291 e. The van der Waals surface area contributed by atoms with Crippen LogP contribution in [0.4, 0.5) is 5.88 Å². The quantitative estimate of drug-likeness (QED) is 0.668. The summed E-state index contributed by atoms with van der Waals surface area (Å²) in [6, 6.07) is 7.92. The number of hydrogen-bond acceptors (Lipinski definition) is 7. The Hall–Kier alpha value is -3.72. The number of hydrogen-bond donors (Lipinski definition) is 3. The van der Waals surface area contributed by atoms with E-state index < -0.39 is 0 Å². The number of likely N-dealkylation sites (N-methyl/N-ethyl adjacent to an activating group) is 1. The molecular weight excluding hydrogens is 410 g/mol. The van der Waals surface area contributed by atoms with Crippen LogP contribution in [-0.4, -0.2) is 66.5 Å². The van der Waals surface area contributed by atoms with Crippen LogP contribution in [0.5, 0.6) is 5.75 Å². The topological polar surface area (TPSA) is 101 Å². The molecule has 4 heterocycles. The minimum atomic E-state index is -0.357. The van der Waals surface area contributed by atoms with E-state index in [4.69, 9.17) is 4.42 Å². The summed E-state index contributed by atoms with van der Waals surface area (Å²) in [6.45, 7) is 4.47. The van der Waals surface area contributed by atoms with Gasteiger partial charge in [0.05, 0.1) is 24.5 Å². The number of piperazine rings is 1. The third kappa shape index (κ3) is 3.71. The normalized spacial score (nSPS) is 18.4. The van der Waals surface area contributed by atoms with Crippen molar-refractivity contribution < 1.29 is 19.1 Å². The first-order valence-electron chi connectivity index (χ1n) is 10.6. The monoisotopic (exact) mass is 435 g/mol. The second kappa shape index (κ2) is 8.08. The van der Waals surface area contributed by atoms with E-state index in [0.717, 1.165) is 43.1 Å². The van der Waals surface area contributed by atoms with Gasteiger partial charge in [0, 0.05) is 51.1 Å². The van der Waals surface area contributed by atoms with Gasteiger partial charge < -0.3 is 30.0 Å². The van der Waals surface area contributed by atoms with Crippen LogP contribution in [0.15, 0.2) is 58.4 Å². The number of nitrogens with zero attached hydrogens (tertiary/aromatic N) is 3. The zero-order chi connectivity index (χ0) is 22.2. The number of nitrogens with one attached hydrogen (secondary N) is 2. The molecule has 0 unspecified atom stereocenters. The second-order valence-electron chi connectivity index (χ2n) is 8.16. The van der Waals surface area contributed by atoms with Crippen molar-refractivity contribution in [2.24, 2.45) is 0 Å². The molecule has 5 rings (SSSR count). The van der Waals surface area contributed by atoms with E-state index in [2.05, 4.69) is 15.5 Å². The van der Waals surface area contributed by atoms with Gasteiger partial charge in [-0.2, -0.15) is 0 Å². The molecule has 166 valence electrons. The van der Waals surface area contributed by atoms with Crippen LogP contribution in [-0.2, 0) is 6.54 Å². The lowest BCUT2D eigenvalue weighted by atomic mass is 10.1. The lowest BCUT2D eigenvalue weighted by Crippen LogP contribution is -2.45. The number of phenolic OH excluding ortho intramolecular Hbond substituents is 1. The van der Waals surface area contributed by atoms with Crippen molar-refractivity contribution in [3.8, 4) is 5.75 Å². The third-order valence-corrected chi connectivity index (χ3v) is 5.90. The van der Waals surface area contributed by atoms with Gasteiger partial charge in [-0.1, -0.05) is 6.07 Å². The van der Waals surface area contributed by atoms with Crippen molar-refractivity contribution in [2.75, 3.05) is 44.7 Å². The first kappa shape index (κ1) is 20.2. The van der Waals surface area contributed by atoms with E-state index in [9.17, 15) is 14.7 Å². The molecule has 9 heteroatoms. The number of carbonyl (C=O) groups is 2. The SMILES string of the molecule is CN1C=CC(N2CCNCC2)=C(NC(=O)c2ccc(N3Cc4ccc(O)cc4C3=O)o2)C1. The minimum Gasteiger partial charge on any atom is -0.508 e. The molecule has 0 saturated carbocycles. The number of amides is 2. The Kier molecular flexibility index (Phi) is 5.10. The largest absolute Gasteiger partial charge is 0.508 e. The van der Waals surface area contributed by atoms with Crippen LogP contribution < -0.4 is 15.5 Å². The zero-order valence-electron chi connectivity index (χ0n) is 17.8. The Morgan fingerprint density at radius 3 is 2.78 bits per heavy atom. The van der Waals surface area contributed by atoms with Crippen molar-refractivity contribution >= 4 is 17.7 Å². The van der Waals surface area contributed by atoms with Gasteiger partial charge in [-0.25, -0.2) is 0 Å². The summed E-state index contributed by atoms with van der Waals surface area (Å²) in [5.41, 5.74) is 3.07. The molecule has 3 N–H and O–H groups in total. The number of allylic oxidation sites excluding steroid dienone is 1. The number of rotatable bonds is 4. The molecule has 0 spiro atoms. The van der Waals surface area contributed by atoms with Crippen LogP contribution in [0.3, 0.4) is 0 Å². The molecule has 0 atom stereocenters. The fourth-order valence-electron chi connectivity index (χ4n) is 4.25. The van der Waals surface area contributed by atoms with E-state index in [1.54, 1.807) is 24.3 Å². The second-order valence-corrected chi connectivity index (χ2v) is 8.16. The van der Waals surface area contributed by atoms with E-state index in [0.29, 0.717) is 24.5 Å². The Morgan fingerprint density at radius 1 is 1.16 bits per heavy atom. The molecule has 1 aromatic heterocycles. The highest BCUT2D eigenvalue weighted by atomic mass is 16.4. The van der Waals surface area contributed by atoms with E-state index in [1.807, 2.05) is 24.2 Å². The average molecular weight is 435 g/mol. The van der Waals surface area contributed by atoms with Gasteiger partial charge in [-0.15, -0.1) is 0 Å². The number of benzene rings is 1. The van der Waals surface area contributed by atoms with Gasteiger partial charge in [0.2, 0.25) is 5.88 Å². The molecule has 2 aromatic rings. The molecule has 3 aliphatic rings. The molecule has 0 bridgehead atoms. The van der Waals surface area contributed by atoms with Crippen LogP contribution in [0.25, 0.3) is 0 Å². The van der Waals surface area contributed by atoms with Gasteiger partial charge in [0.15, 0.2) is 5.76 Å². The fraction of sp³-hybridized carbons (Fsp3) is 0.304. The van der Waals surface area contributed by atoms with Crippen molar-refractivity contribution in [3.05, 3.63) is 70.9 Å². The highest BCUT2D eigenvalue weighted by molar-refractivity contribution is 6.09. The predicted molar refractivity (Wildman–Crippen MR) is 118 cm³/mol. The summed E-state index contributed by atoms with van der Waals surface area (Å²) < 4.78 is 5.76. The summed E-state index contributed by atoms with van der Waals surface area (Å²) in [4.78, 5) is 31.4. The third-order valence-electron chi connectivity index (χ3n) is 5.90. The van der Waals surface area contributed by atoms with Crippen LogP contribution in [0.2, 0.25) is 0 Å². The summed E-state index contributed by atoms with van der Waals surface area (Å²) in [5.74, 6) is -0.147. The maximum atomic E-state index is 13.0. The minimum absolute atomic E-state index is 0.0403. The van der Waals surface area contributed by atoms with Crippen LogP contribution in [0, 0.1) is 0 Å². The predicted octanol–water partition coefficient (Wildman–Crippen LogP) is 1.45. The molecule has 32 heavy (non-hydrogen) atoms. The smallest absolute Gasteiger partial charge is 0.291 e. The first-order valence-corrected chi connectivity index (χ1v) is 10.6. The Labute approximate surface area is 185 Å². The fourth-order valence-corrected chi connectivity index (χ4v) is 4.25. The van der Waals surface area contributed by atoms with Crippen molar-refractivity contribution in [3.63, 3.8) is 0 Å². The van der Waals surface area contributed by atoms with Gasteiger partial charge in [0.1, 0.15) is 5.75 Å².